The summed E-state index contributed by atoms with van der Waals surface area (Å²) in [5, 5.41) is 4.29. The minimum Gasteiger partial charge on any atom is -0.488 e. The maximum atomic E-state index is 13.1. The standard InChI is InChI=1S/C23H25N5O3/c1-4-27-11-17(10-25-27)28-12-19-21(23(28)29)14(2)7-18(26-19)16-8-20(22(30-3)24-9-16)31-13-15-5-6-15/h7-11,15H,4-6,12-13H2,1-3H3. The molecule has 0 radical (unpaired) electrons. The molecular formula is C23H25N5O3. The maximum absolute atomic E-state index is 13.1. The van der Waals surface area contributed by atoms with Crippen LogP contribution in [0, 0.1) is 12.8 Å². The highest BCUT2D eigenvalue weighted by Crippen LogP contribution is 2.35. The number of carbonyl (C=O) groups excluding carboxylic acids is 1. The number of nitrogens with zero attached hydrogens (tertiary/aromatic N) is 5. The summed E-state index contributed by atoms with van der Waals surface area (Å²) in [5.41, 5.74) is 4.71. The van der Waals surface area contributed by atoms with Crippen molar-refractivity contribution in [3.05, 3.63) is 47.5 Å². The Labute approximate surface area is 180 Å². The van der Waals surface area contributed by atoms with Crippen molar-refractivity contribution in [2.24, 2.45) is 5.92 Å². The maximum Gasteiger partial charge on any atom is 0.260 e. The van der Waals surface area contributed by atoms with E-state index in [-0.39, 0.29) is 5.91 Å². The van der Waals surface area contributed by atoms with E-state index < -0.39 is 0 Å². The van der Waals surface area contributed by atoms with Gasteiger partial charge in [-0.2, -0.15) is 5.10 Å². The lowest BCUT2D eigenvalue weighted by Gasteiger charge is -2.12. The van der Waals surface area contributed by atoms with Crippen molar-refractivity contribution in [2.45, 2.75) is 39.8 Å². The third kappa shape index (κ3) is 3.62. The van der Waals surface area contributed by atoms with Crippen LogP contribution < -0.4 is 14.4 Å². The van der Waals surface area contributed by atoms with E-state index in [1.807, 2.05) is 36.9 Å². The first kappa shape index (κ1) is 19.5. The van der Waals surface area contributed by atoms with E-state index in [0.29, 0.717) is 36.3 Å². The Morgan fingerprint density at radius 2 is 2.06 bits per heavy atom. The lowest BCUT2D eigenvalue weighted by molar-refractivity contribution is 0.0996. The van der Waals surface area contributed by atoms with Crippen LogP contribution in [0.25, 0.3) is 11.3 Å². The van der Waals surface area contributed by atoms with E-state index in [9.17, 15) is 4.79 Å². The third-order valence-corrected chi connectivity index (χ3v) is 5.79. The Bertz CT molecular complexity index is 1150. The molecule has 0 spiro atoms. The molecule has 0 atom stereocenters. The monoisotopic (exact) mass is 419 g/mol. The number of aryl methyl sites for hydroxylation is 2. The van der Waals surface area contributed by atoms with Gasteiger partial charge in [-0.25, -0.2) is 4.98 Å². The molecule has 2 aliphatic rings. The van der Waals surface area contributed by atoms with Gasteiger partial charge in [0.1, 0.15) is 0 Å². The van der Waals surface area contributed by atoms with E-state index in [2.05, 4.69) is 10.1 Å². The molecule has 0 aromatic carbocycles. The van der Waals surface area contributed by atoms with Crippen molar-refractivity contribution in [1.82, 2.24) is 19.7 Å². The second-order valence-corrected chi connectivity index (χ2v) is 8.08. The molecule has 1 saturated carbocycles. The molecule has 0 bridgehead atoms. The number of fused-ring (bicyclic) bond motifs is 1. The lowest BCUT2D eigenvalue weighted by Crippen LogP contribution is -2.22. The number of rotatable bonds is 7. The zero-order valence-electron chi connectivity index (χ0n) is 18.0. The Balaban J connectivity index is 1.46. The van der Waals surface area contributed by atoms with Crippen molar-refractivity contribution in [1.29, 1.82) is 0 Å². The lowest BCUT2D eigenvalue weighted by atomic mass is 10.0. The number of hydrogen-bond donors (Lipinski definition) is 0. The van der Waals surface area contributed by atoms with Crippen LogP contribution >= 0.6 is 0 Å². The van der Waals surface area contributed by atoms with Gasteiger partial charge in [0, 0.05) is 24.5 Å². The minimum absolute atomic E-state index is 0.0384. The fourth-order valence-corrected chi connectivity index (χ4v) is 3.84. The van der Waals surface area contributed by atoms with Gasteiger partial charge < -0.3 is 9.47 Å². The number of pyridine rings is 2. The van der Waals surface area contributed by atoms with Gasteiger partial charge >= 0.3 is 0 Å². The number of aromatic nitrogens is 4. The largest absolute Gasteiger partial charge is 0.488 e. The number of methoxy groups -OCH3 is 1. The molecule has 1 amide bonds. The molecule has 4 heterocycles. The van der Waals surface area contributed by atoms with Crippen LogP contribution in [0.5, 0.6) is 11.6 Å². The van der Waals surface area contributed by atoms with Gasteiger partial charge in [-0.15, -0.1) is 0 Å². The van der Waals surface area contributed by atoms with Crippen molar-refractivity contribution < 1.29 is 14.3 Å². The van der Waals surface area contributed by atoms with E-state index >= 15 is 0 Å². The second kappa shape index (κ2) is 7.68. The fourth-order valence-electron chi connectivity index (χ4n) is 3.84. The Kier molecular flexibility index (Phi) is 4.84. The molecule has 1 fully saturated rings. The summed E-state index contributed by atoms with van der Waals surface area (Å²) in [4.78, 5) is 24.0. The predicted molar refractivity (Wildman–Crippen MR) is 115 cm³/mol. The number of ether oxygens (including phenoxy) is 2. The van der Waals surface area contributed by atoms with E-state index in [1.165, 1.54) is 12.8 Å². The van der Waals surface area contributed by atoms with Gasteiger partial charge in [0.05, 0.1) is 49.1 Å². The first-order chi connectivity index (χ1) is 15.1. The SMILES string of the molecule is CCn1cc(N2Cc3nc(-c4cnc(OC)c(OCC5CC5)c4)cc(C)c3C2=O)cn1. The molecule has 1 aliphatic carbocycles. The zero-order chi connectivity index (χ0) is 21.5. The first-order valence-electron chi connectivity index (χ1n) is 10.6. The average Bonchev–Trinajstić information content (AvgIpc) is 3.38. The molecule has 3 aromatic heterocycles. The van der Waals surface area contributed by atoms with Crippen LogP contribution in [-0.4, -0.2) is 39.4 Å². The molecule has 5 rings (SSSR count). The van der Waals surface area contributed by atoms with E-state index in [1.54, 1.807) is 24.4 Å². The van der Waals surface area contributed by atoms with Gasteiger partial charge in [-0.3, -0.25) is 19.4 Å². The van der Waals surface area contributed by atoms with Crippen LogP contribution in [-0.2, 0) is 13.1 Å². The van der Waals surface area contributed by atoms with Crippen LogP contribution in [0.1, 0.15) is 41.4 Å². The van der Waals surface area contributed by atoms with Crippen molar-refractivity contribution in [2.75, 3.05) is 18.6 Å². The van der Waals surface area contributed by atoms with E-state index in [0.717, 1.165) is 34.7 Å². The second-order valence-electron chi connectivity index (χ2n) is 8.08. The summed E-state index contributed by atoms with van der Waals surface area (Å²) >= 11 is 0. The highest BCUT2D eigenvalue weighted by atomic mass is 16.5. The normalized spacial score (nSPS) is 15.3. The third-order valence-electron chi connectivity index (χ3n) is 5.79. The molecular weight excluding hydrogens is 394 g/mol. The quantitative estimate of drug-likeness (QED) is 0.582. The van der Waals surface area contributed by atoms with Crippen LogP contribution in [0.3, 0.4) is 0 Å². The summed E-state index contributed by atoms with van der Waals surface area (Å²) in [7, 11) is 1.59. The summed E-state index contributed by atoms with van der Waals surface area (Å²) in [6, 6.07) is 3.85. The van der Waals surface area contributed by atoms with Crippen LogP contribution in [0.15, 0.2) is 30.7 Å². The van der Waals surface area contributed by atoms with Gasteiger partial charge in [-0.05, 0) is 50.3 Å². The topological polar surface area (TPSA) is 82.4 Å². The highest BCUT2D eigenvalue weighted by Gasteiger charge is 2.33. The molecule has 1 aliphatic heterocycles. The Hall–Kier alpha value is -3.42. The van der Waals surface area contributed by atoms with Crippen molar-refractivity contribution >= 4 is 11.6 Å². The average molecular weight is 419 g/mol. The van der Waals surface area contributed by atoms with Crippen molar-refractivity contribution in [3.8, 4) is 22.9 Å². The predicted octanol–water partition coefficient (Wildman–Crippen LogP) is 3.63. The first-order valence-corrected chi connectivity index (χ1v) is 10.6. The molecule has 0 saturated heterocycles. The fraction of sp³-hybridized carbons (Fsp3) is 0.391. The van der Waals surface area contributed by atoms with Gasteiger partial charge in [0.25, 0.3) is 11.8 Å². The molecule has 0 N–H and O–H groups in total. The molecule has 8 nitrogen and oxygen atoms in total. The molecule has 0 unspecified atom stereocenters. The summed E-state index contributed by atoms with van der Waals surface area (Å²) in [6.07, 6.45) is 7.76. The molecule has 3 aromatic rings. The smallest absolute Gasteiger partial charge is 0.260 e. The van der Waals surface area contributed by atoms with Crippen molar-refractivity contribution in [3.63, 3.8) is 0 Å². The zero-order valence-corrected chi connectivity index (χ0v) is 18.0. The molecule has 160 valence electrons. The van der Waals surface area contributed by atoms with Gasteiger partial charge in [0.15, 0.2) is 5.75 Å². The van der Waals surface area contributed by atoms with Crippen LogP contribution in [0.2, 0.25) is 0 Å². The van der Waals surface area contributed by atoms with Gasteiger partial charge in [0.2, 0.25) is 0 Å². The number of hydrogen-bond acceptors (Lipinski definition) is 6. The summed E-state index contributed by atoms with van der Waals surface area (Å²) in [5.74, 6) is 1.68. The summed E-state index contributed by atoms with van der Waals surface area (Å²) < 4.78 is 13.1. The Morgan fingerprint density at radius 3 is 2.77 bits per heavy atom. The number of anilines is 1. The molecule has 8 heteroatoms. The Morgan fingerprint density at radius 1 is 1.23 bits per heavy atom. The summed E-state index contributed by atoms with van der Waals surface area (Å²) in [6.45, 7) is 5.81. The van der Waals surface area contributed by atoms with Crippen LogP contribution in [0.4, 0.5) is 5.69 Å². The number of carbonyl (C=O) groups is 1. The van der Waals surface area contributed by atoms with Gasteiger partial charge in [-0.1, -0.05) is 0 Å². The molecule has 31 heavy (non-hydrogen) atoms. The number of amides is 1. The van der Waals surface area contributed by atoms with E-state index in [4.69, 9.17) is 14.5 Å². The highest BCUT2D eigenvalue weighted by molar-refractivity contribution is 6.10. The minimum atomic E-state index is -0.0384.